The van der Waals surface area contributed by atoms with E-state index in [9.17, 15) is 78.3 Å². The predicted octanol–water partition coefficient (Wildman–Crippen LogP) is -0.517. The summed E-state index contributed by atoms with van der Waals surface area (Å²) in [7, 11) is 1.49. The molecule has 0 fully saturated rings. The minimum Gasteiger partial charge on any atom is -0.508 e. The number of likely N-dealkylation sites (N-methyl/N-ethyl adjacent to an activating group) is 1. The Labute approximate surface area is 493 Å². The number of carbonyl (C=O) groups excluding carboxylic acids is 8. The SMILES string of the molecule is CC[C@H](C)[C@H](NC(=O)[C@H](CC(N)=O)NC(=O)[C@H](CC(C)C)NC(=O)[C@H](CO)NC(=O)C(CO)NC(=O)[C@H](C)NC)C(=O)N[C@@H](C)C(=O)N[C@@H](CCCCNC(=S)Nc1ccc(-c2c3ccc(=O)cc-3oc3cc(O)ccc23)c(C(=O)O)c1)C(=O)O. The van der Waals surface area contributed by atoms with Crippen LogP contribution in [0.5, 0.6) is 5.75 Å². The summed E-state index contributed by atoms with van der Waals surface area (Å²) in [5.41, 5.74) is 6.75. The van der Waals surface area contributed by atoms with Gasteiger partial charge in [0.2, 0.25) is 47.3 Å². The van der Waals surface area contributed by atoms with E-state index in [4.69, 9.17) is 22.4 Å². The van der Waals surface area contributed by atoms with Crippen LogP contribution in [0.1, 0.15) is 90.4 Å². The van der Waals surface area contributed by atoms with Gasteiger partial charge in [-0.25, -0.2) is 9.59 Å². The van der Waals surface area contributed by atoms with Gasteiger partial charge in [-0.15, -0.1) is 0 Å². The van der Waals surface area contributed by atoms with Crippen molar-refractivity contribution < 1.29 is 77.9 Å². The number of phenols is 1. The van der Waals surface area contributed by atoms with E-state index in [2.05, 4.69) is 53.2 Å². The fraction of sp³-hybridized carbons (Fsp3) is 0.464. The summed E-state index contributed by atoms with van der Waals surface area (Å²) in [5.74, 6) is -11.1. The molecule has 4 rings (SSSR count). The van der Waals surface area contributed by atoms with E-state index in [1.54, 1.807) is 45.9 Å². The van der Waals surface area contributed by atoms with Crippen LogP contribution in [-0.2, 0) is 43.2 Å². The zero-order valence-corrected chi connectivity index (χ0v) is 48.8. The first kappa shape index (κ1) is 68.7. The van der Waals surface area contributed by atoms with Crippen molar-refractivity contribution in [3.05, 3.63) is 70.4 Å². The van der Waals surface area contributed by atoms with Gasteiger partial charge in [0.1, 0.15) is 59.4 Å². The fourth-order valence-corrected chi connectivity index (χ4v) is 8.86. The number of fused-ring (bicyclic) bond motifs is 2. The molecule has 28 nitrogen and oxygen atoms in total. The number of nitrogens with two attached hydrogens (primary N) is 1. The van der Waals surface area contributed by atoms with E-state index < -0.39 is 133 Å². The highest BCUT2D eigenvalue weighted by atomic mass is 32.1. The maximum Gasteiger partial charge on any atom is 0.336 e. The number of rotatable bonds is 32. The highest BCUT2D eigenvalue weighted by Crippen LogP contribution is 2.42. The van der Waals surface area contributed by atoms with E-state index in [1.165, 1.54) is 57.3 Å². The van der Waals surface area contributed by atoms with Crippen molar-refractivity contribution in [1.82, 2.24) is 47.9 Å². The molecule has 0 aromatic heterocycles. The molecule has 462 valence electrons. The van der Waals surface area contributed by atoms with Crippen molar-refractivity contribution in [2.75, 3.05) is 32.1 Å². The molecule has 0 saturated carbocycles. The number of primary amides is 1. The quantitative estimate of drug-likeness (QED) is 0.0166. The van der Waals surface area contributed by atoms with E-state index >= 15 is 0 Å². The van der Waals surface area contributed by atoms with Crippen LogP contribution in [0.2, 0.25) is 0 Å². The van der Waals surface area contributed by atoms with Crippen LogP contribution in [0, 0.1) is 11.8 Å². The Morgan fingerprint density at radius 3 is 1.81 bits per heavy atom. The van der Waals surface area contributed by atoms with Gasteiger partial charge in [0.05, 0.1) is 31.2 Å². The number of aliphatic hydroxyl groups is 2. The molecular weight excluding hydrogens is 1130 g/mol. The number of aliphatic hydroxyl groups excluding tert-OH is 2. The predicted molar refractivity (Wildman–Crippen MR) is 313 cm³/mol. The third-order valence-corrected chi connectivity index (χ3v) is 13.9. The van der Waals surface area contributed by atoms with Crippen LogP contribution in [0.25, 0.3) is 33.4 Å². The summed E-state index contributed by atoms with van der Waals surface area (Å²) in [4.78, 5) is 143. The zero-order chi connectivity index (χ0) is 63.4. The molecule has 8 amide bonds. The molecule has 17 N–H and O–H groups in total. The summed E-state index contributed by atoms with van der Waals surface area (Å²) in [6.45, 7) is 7.84. The van der Waals surface area contributed by atoms with Crippen LogP contribution in [0.4, 0.5) is 5.69 Å². The average molecular weight is 1210 g/mol. The second-order valence-corrected chi connectivity index (χ2v) is 21.1. The number of carboxylic acid groups (broad SMARTS) is 2. The number of aromatic hydroxyl groups is 1. The fourth-order valence-electron chi connectivity index (χ4n) is 8.64. The number of nitrogens with one attached hydrogen (secondary N) is 10. The number of hydrogen-bond donors (Lipinski definition) is 16. The van der Waals surface area contributed by atoms with Crippen molar-refractivity contribution in [1.29, 1.82) is 0 Å². The molecule has 1 aliphatic carbocycles. The number of carbonyl (C=O) groups is 10. The summed E-state index contributed by atoms with van der Waals surface area (Å²) in [6, 6.07) is 1.75. The minimum atomic E-state index is -1.72. The molecule has 9 atom stereocenters. The van der Waals surface area contributed by atoms with Gasteiger partial charge in [0.25, 0.3) is 0 Å². The number of anilines is 1. The maximum absolute atomic E-state index is 13.9. The molecule has 0 bridgehead atoms. The third kappa shape index (κ3) is 19.9. The Hall–Kier alpha value is -8.80. The molecule has 0 radical (unpaired) electrons. The van der Waals surface area contributed by atoms with Gasteiger partial charge >= 0.3 is 11.9 Å². The van der Waals surface area contributed by atoms with E-state index in [1.807, 2.05) is 0 Å². The number of aromatic carboxylic acids is 1. The molecule has 2 aromatic carbocycles. The minimum absolute atomic E-state index is 0.0550. The van der Waals surface area contributed by atoms with Crippen molar-refractivity contribution in [3.63, 3.8) is 0 Å². The number of aliphatic carboxylic acids is 1. The second-order valence-electron chi connectivity index (χ2n) is 20.7. The van der Waals surface area contributed by atoms with Crippen LogP contribution < -0.4 is 64.3 Å². The third-order valence-electron chi connectivity index (χ3n) is 13.7. The molecule has 1 heterocycles. The number of amides is 8. The second kappa shape index (κ2) is 32.3. The number of carboxylic acids is 2. The number of benzene rings is 3. The Bertz CT molecular complexity index is 3140. The van der Waals surface area contributed by atoms with Gasteiger partial charge in [-0.05, 0) is 113 Å². The standard InChI is InChI=1S/C56H75N11O17S/c1-8-27(4)46(67-50(76)39(23-44(57)72)64-49(75)38(19-26(2)3)63-51(77)41(25-69)66-52(78)40(24-68)65-47(73)28(5)58-7)53(79)60-29(6)48(74)62-37(55(82)83)11-9-10-18-59-56(85)61-30-12-15-33(36(20-30)54(80)81)45-34-16-13-31(70)21-42(34)84-43-22-32(71)14-17-35(43)45/h12-17,20-22,26-29,37-41,46,58,68-70H,8-11,18-19,23-25H2,1-7H3,(H2,57,72)(H,60,79)(H,62,74)(H,63,77)(H,64,75)(H,65,73)(H,66,78)(H,67,76)(H,80,81)(H,82,83)(H2,59,61,85)/t27-,28-,29-,37-,38-,39-,40?,41-,46-/m0/s1. The van der Waals surface area contributed by atoms with Gasteiger partial charge in [-0.3, -0.25) is 43.2 Å². The first-order valence-corrected chi connectivity index (χ1v) is 27.7. The van der Waals surface area contributed by atoms with Crippen molar-refractivity contribution in [2.24, 2.45) is 17.6 Å². The zero-order valence-electron chi connectivity index (χ0n) is 48.0. The van der Waals surface area contributed by atoms with Crippen LogP contribution in [0.3, 0.4) is 0 Å². The molecule has 29 heteroatoms. The van der Waals surface area contributed by atoms with Crippen LogP contribution in [0.15, 0.2) is 63.8 Å². The number of hydrogen-bond acceptors (Lipinski definition) is 17. The molecule has 2 aliphatic rings. The van der Waals surface area contributed by atoms with Gasteiger partial charge in [-0.2, -0.15) is 0 Å². The number of phenolic OH excluding ortho intramolecular Hbond substituents is 1. The summed E-state index contributed by atoms with van der Waals surface area (Å²) < 4.78 is 5.89. The molecule has 85 heavy (non-hydrogen) atoms. The van der Waals surface area contributed by atoms with Crippen molar-refractivity contribution in [3.8, 4) is 28.2 Å². The lowest BCUT2D eigenvalue weighted by molar-refractivity contribution is -0.142. The van der Waals surface area contributed by atoms with Crippen LogP contribution in [-0.4, -0.2) is 165 Å². The lowest BCUT2D eigenvalue weighted by atomic mass is 9.90. The monoisotopic (exact) mass is 1210 g/mol. The van der Waals surface area contributed by atoms with Gasteiger partial charge in [0, 0.05) is 40.9 Å². The van der Waals surface area contributed by atoms with Gasteiger partial charge in [-0.1, -0.05) is 40.2 Å². The molecule has 0 saturated heterocycles. The Kier molecular flexibility index (Phi) is 26.1. The average Bonchev–Trinajstić information content (AvgIpc) is 1.86. The largest absolute Gasteiger partial charge is 0.508 e. The highest BCUT2D eigenvalue weighted by Gasteiger charge is 2.36. The van der Waals surface area contributed by atoms with E-state index in [-0.39, 0.29) is 71.3 Å². The molecular formula is C56H75N11O17S. The molecule has 1 unspecified atom stereocenters. The van der Waals surface area contributed by atoms with E-state index in [0.717, 1.165) is 0 Å². The highest BCUT2D eigenvalue weighted by molar-refractivity contribution is 7.80. The first-order chi connectivity index (χ1) is 40.1. The molecule has 0 spiro atoms. The molecule has 1 aliphatic heterocycles. The van der Waals surface area contributed by atoms with Crippen molar-refractivity contribution in [2.45, 2.75) is 128 Å². The summed E-state index contributed by atoms with van der Waals surface area (Å²) >= 11 is 5.45. The number of thiocarbonyl (C=S) groups is 1. The first-order valence-electron chi connectivity index (χ1n) is 27.3. The van der Waals surface area contributed by atoms with E-state index in [0.29, 0.717) is 34.2 Å². The summed E-state index contributed by atoms with van der Waals surface area (Å²) in [5, 5.41) is 76.1. The maximum atomic E-state index is 13.9. The summed E-state index contributed by atoms with van der Waals surface area (Å²) in [6.07, 6.45) is -0.0143. The normalized spacial score (nSPS) is 14.4. The lowest BCUT2D eigenvalue weighted by Gasteiger charge is -2.29. The van der Waals surface area contributed by atoms with Crippen LogP contribution >= 0.6 is 12.2 Å². The van der Waals surface area contributed by atoms with Gasteiger partial charge in [0.15, 0.2) is 10.5 Å². The Balaban J connectivity index is 1.34. The number of unbranched alkanes of at least 4 members (excludes halogenated alkanes) is 1. The Morgan fingerprint density at radius 2 is 1.22 bits per heavy atom. The topological polar surface area (TPSA) is 448 Å². The Morgan fingerprint density at radius 1 is 0.647 bits per heavy atom. The molecule has 2 aromatic rings. The van der Waals surface area contributed by atoms with Gasteiger partial charge < -0.3 is 88.9 Å². The van der Waals surface area contributed by atoms with Crippen molar-refractivity contribution >= 4 is 93.2 Å². The lowest BCUT2D eigenvalue weighted by Crippen LogP contribution is -2.61. The smallest absolute Gasteiger partial charge is 0.336 e.